The lowest BCUT2D eigenvalue weighted by Gasteiger charge is -2.05. The summed E-state index contributed by atoms with van der Waals surface area (Å²) >= 11 is 0. The number of carbonyl (C=O) groups excluding carboxylic acids is 3. The number of esters is 2. The molecule has 0 spiro atoms. The second-order valence-corrected chi connectivity index (χ2v) is 6.24. The van der Waals surface area contributed by atoms with Crippen LogP contribution in [0.5, 0.6) is 0 Å². The van der Waals surface area contributed by atoms with Crippen LogP contribution in [0.25, 0.3) is 0 Å². The lowest BCUT2D eigenvalue weighted by Crippen LogP contribution is -2.21. The largest absolute Gasteiger partial charge is 0.462 e. The Bertz CT molecular complexity index is 849. The molecule has 2 aromatic rings. The van der Waals surface area contributed by atoms with E-state index in [1.165, 1.54) is 0 Å². The van der Waals surface area contributed by atoms with Crippen molar-refractivity contribution in [3.63, 3.8) is 0 Å². The maximum atomic E-state index is 12.2. The maximum Gasteiger partial charge on any atom is 0.355 e. The standard InChI is InChI=1S/C18H23N3O6/c1-6-25-17(23)15-10(4)16(19-11(15)5)18(24)26-8-13(22)20-14-7-12(9(2)3)21-27-14/h7,9,19H,6,8H2,1-5H3,(H,20,22). The number of amides is 1. The van der Waals surface area contributed by atoms with Crippen molar-refractivity contribution in [3.05, 3.63) is 34.3 Å². The molecule has 2 N–H and O–H groups in total. The van der Waals surface area contributed by atoms with E-state index in [2.05, 4.69) is 15.5 Å². The number of aromatic amines is 1. The number of H-pyrrole nitrogens is 1. The summed E-state index contributed by atoms with van der Waals surface area (Å²) in [6.07, 6.45) is 0. The lowest BCUT2D eigenvalue weighted by atomic mass is 10.1. The van der Waals surface area contributed by atoms with Gasteiger partial charge in [-0.05, 0) is 32.3 Å². The number of anilines is 1. The van der Waals surface area contributed by atoms with Crippen molar-refractivity contribution >= 4 is 23.7 Å². The van der Waals surface area contributed by atoms with E-state index in [1.54, 1.807) is 26.8 Å². The Morgan fingerprint density at radius 1 is 1.22 bits per heavy atom. The molecule has 146 valence electrons. The van der Waals surface area contributed by atoms with Crippen LogP contribution in [0.4, 0.5) is 5.88 Å². The SMILES string of the molecule is CCOC(=O)c1c(C)[nH]c(C(=O)OCC(=O)Nc2cc(C(C)C)no2)c1C. The first-order valence-electron chi connectivity index (χ1n) is 8.54. The van der Waals surface area contributed by atoms with Crippen LogP contribution in [0.2, 0.25) is 0 Å². The minimum Gasteiger partial charge on any atom is -0.462 e. The van der Waals surface area contributed by atoms with Gasteiger partial charge in [0, 0.05) is 11.8 Å². The Kier molecular flexibility index (Phi) is 6.38. The van der Waals surface area contributed by atoms with E-state index in [4.69, 9.17) is 14.0 Å². The fraction of sp³-hybridized carbons (Fsp3) is 0.444. The number of aromatic nitrogens is 2. The summed E-state index contributed by atoms with van der Waals surface area (Å²) in [5.74, 6) is -1.50. The Hall–Kier alpha value is -3.10. The lowest BCUT2D eigenvalue weighted by molar-refractivity contribution is -0.119. The van der Waals surface area contributed by atoms with Crippen LogP contribution in [-0.2, 0) is 14.3 Å². The molecule has 0 atom stereocenters. The number of carbonyl (C=O) groups is 3. The first kappa shape index (κ1) is 20.2. The summed E-state index contributed by atoms with van der Waals surface area (Å²) in [6.45, 7) is 8.55. The summed E-state index contributed by atoms with van der Waals surface area (Å²) in [5.41, 5.74) is 1.99. The molecular formula is C18H23N3O6. The second kappa shape index (κ2) is 8.52. The average Bonchev–Trinajstić information content (AvgIpc) is 3.17. The van der Waals surface area contributed by atoms with Gasteiger partial charge < -0.3 is 19.0 Å². The number of nitrogens with zero attached hydrogens (tertiary/aromatic N) is 1. The molecule has 0 radical (unpaired) electrons. The smallest absolute Gasteiger partial charge is 0.355 e. The van der Waals surface area contributed by atoms with Gasteiger partial charge >= 0.3 is 11.9 Å². The third kappa shape index (κ3) is 4.75. The molecule has 2 heterocycles. The van der Waals surface area contributed by atoms with Crippen LogP contribution < -0.4 is 5.32 Å². The van der Waals surface area contributed by atoms with Crippen molar-refractivity contribution in [3.8, 4) is 0 Å². The van der Waals surface area contributed by atoms with Crippen LogP contribution in [0.3, 0.4) is 0 Å². The zero-order chi connectivity index (χ0) is 20.1. The van der Waals surface area contributed by atoms with E-state index in [-0.39, 0.29) is 29.7 Å². The molecule has 2 rings (SSSR count). The van der Waals surface area contributed by atoms with Gasteiger partial charge in [-0.25, -0.2) is 9.59 Å². The fourth-order valence-electron chi connectivity index (χ4n) is 2.46. The Morgan fingerprint density at radius 3 is 2.52 bits per heavy atom. The van der Waals surface area contributed by atoms with Crippen molar-refractivity contribution in [1.82, 2.24) is 10.1 Å². The number of rotatable bonds is 7. The van der Waals surface area contributed by atoms with E-state index in [9.17, 15) is 14.4 Å². The highest BCUT2D eigenvalue weighted by Crippen LogP contribution is 2.20. The summed E-state index contributed by atoms with van der Waals surface area (Å²) in [6, 6.07) is 1.61. The van der Waals surface area contributed by atoms with Gasteiger partial charge in [-0.2, -0.15) is 0 Å². The second-order valence-electron chi connectivity index (χ2n) is 6.24. The minimum absolute atomic E-state index is 0.102. The van der Waals surface area contributed by atoms with Gasteiger partial charge in [-0.1, -0.05) is 19.0 Å². The highest BCUT2D eigenvalue weighted by Gasteiger charge is 2.24. The van der Waals surface area contributed by atoms with Crippen molar-refractivity contribution in [2.24, 2.45) is 0 Å². The third-order valence-corrected chi connectivity index (χ3v) is 3.84. The molecule has 1 amide bonds. The Balaban J connectivity index is 1.98. The molecule has 0 saturated carbocycles. The first-order valence-corrected chi connectivity index (χ1v) is 8.54. The zero-order valence-corrected chi connectivity index (χ0v) is 16.0. The van der Waals surface area contributed by atoms with Gasteiger partial charge in [0.1, 0.15) is 5.69 Å². The van der Waals surface area contributed by atoms with Gasteiger partial charge in [-0.3, -0.25) is 10.1 Å². The normalized spacial score (nSPS) is 10.7. The van der Waals surface area contributed by atoms with Crippen molar-refractivity contribution in [2.45, 2.75) is 40.5 Å². The van der Waals surface area contributed by atoms with Gasteiger partial charge in [-0.15, -0.1) is 0 Å². The fourth-order valence-corrected chi connectivity index (χ4v) is 2.46. The Labute approximate surface area is 156 Å². The third-order valence-electron chi connectivity index (χ3n) is 3.84. The van der Waals surface area contributed by atoms with E-state index < -0.39 is 24.5 Å². The van der Waals surface area contributed by atoms with Gasteiger partial charge in [0.2, 0.25) is 5.88 Å². The van der Waals surface area contributed by atoms with E-state index >= 15 is 0 Å². The van der Waals surface area contributed by atoms with Crippen molar-refractivity contribution in [1.29, 1.82) is 0 Å². The molecule has 0 saturated heterocycles. The quantitative estimate of drug-likeness (QED) is 0.711. The van der Waals surface area contributed by atoms with E-state index in [0.29, 0.717) is 17.0 Å². The molecule has 9 nitrogen and oxygen atoms in total. The summed E-state index contributed by atoms with van der Waals surface area (Å²) < 4.78 is 15.0. The number of aryl methyl sites for hydroxylation is 1. The van der Waals surface area contributed by atoms with Crippen LogP contribution in [0.1, 0.15) is 64.5 Å². The minimum atomic E-state index is -0.748. The maximum absolute atomic E-state index is 12.2. The molecule has 0 fully saturated rings. The van der Waals surface area contributed by atoms with Crippen molar-refractivity contribution < 1.29 is 28.4 Å². The van der Waals surface area contributed by atoms with E-state index in [0.717, 1.165) is 0 Å². The van der Waals surface area contributed by atoms with Crippen molar-refractivity contribution in [2.75, 3.05) is 18.5 Å². The van der Waals surface area contributed by atoms with Gasteiger partial charge in [0.15, 0.2) is 6.61 Å². The van der Waals surface area contributed by atoms with E-state index in [1.807, 2.05) is 13.8 Å². The summed E-state index contributed by atoms with van der Waals surface area (Å²) in [5, 5.41) is 6.28. The van der Waals surface area contributed by atoms with Crippen LogP contribution in [0.15, 0.2) is 10.6 Å². The number of ether oxygens (including phenoxy) is 2. The molecule has 0 unspecified atom stereocenters. The molecule has 0 aliphatic heterocycles. The van der Waals surface area contributed by atoms with Crippen LogP contribution >= 0.6 is 0 Å². The monoisotopic (exact) mass is 377 g/mol. The first-order chi connectivity index (χ1) is 12.7. The number of hydrogen-bond donors (Lipinski definition) is 2. The number of nitrogens with one attached hydrogen (secondary N) is 2. The Morgan fingerprint density at radius 2 is 1.93 bits per heavy atom. The molecular weight excluding hydrogens is 354 g/mol. The molecule has 0 aliphatic carbocycles. The highest BCUT2D eigenvalue weighted by atomic mass is 16.5. The summed E-state index contributed by atoms with van der Waals surface area (Å²) in [4.78, 5) is 38.9. The highest BCUT2D eigenvalue weighted by molar-refractivity contribution is 5.99. The molecule has 0 bridgehead atoms. The predicted octanol–water partition coefficient (Wildman–Crippen LogP) is 2.72. The molecule has 2 aromatic heterocycles. The van der Waals surface area contributed by atoms with Gasteiger partial charge in [0.05, 0.1) is 17.9 Å². The van der Waals surface area contributed by atoms with Crippen LogP contribution in [0, 0.1) is 13.8 Å². The average molecular weight is 377 g/mol. The number of hydrogen-bond acceptors (Lipinski definition) is 7. The zero-order valence-electron chi connectivity index (χ0n) is 16.0. The predicted molar refractivity (Wildman–Crippen MR) is 95.7 cm³/mol. The van der Waals surface area contributed by atoms with Gasteiger partial charge in [0.25, 0.3) is 5.91 Å². The summed E-state index contributed by atoms with van der Waals surface area (Å²) in [7, 11) is 0. The topological polar surface area (TPSA) is 124 Å². The van der Waals surface area contributed by atoms with Crippen LogP contribution in [-0.4, -0.2) is 41.2 Å². The molecule has 27 heavy (non-hydrogen) atoms. The molecule has 0 aliphatic rings. The molecule has 9 heteroatoms. The molecule has 0 aromatic carbocycles.